The third-order valence-electron chi connectivity index (χ3n) is 4.49. The van der Waals surface area contributed by atoms with Crippen LogP contribution in [-0.4, -0.2) is 40.0 Å². The van der Waals surface area contributed by atoms with E-state index in [0.29, 0.717) is 25.1 Å². The molecule has 138 valence electrons. The van der Waals surface area contributed by atoms with Crippen molar-refractivity contribution in [2.24, 2.45) is 7.05 Å². The second-order valence-corrected chi connectivity index (χ2v) is 8.26. The van der Waals surface area contributed by atoms with E-state index < -0.39 is 10.0 Å². The molecule has 4 heterocycles. The zero-order chi connectivity index (χ0) is 18.3. The number of nitrogens with one attached hydrogen (secondary N) is 1. The molecule has 2 atom stereocenters. The first kappa shape index (κ1) is 17.5. The second kappa shape index (κ2) is 6.66. The first-order chi connectivity index (χ1) is 12.5. The summed E-state index contributed by atoms with van der Waals surface area (Å²) in [5.41, 5.74) is 1.40. The van der Waals surface area contributed by atoms with Crippen LogP contribution in [0.4, 0.5) is 0 Å². The molecule has 10 heteroatoms. The van der Waals surface area contributed by atoms with Gasteiger partial charge in [0.05, 0.1) is 18.2 Å². The average molecular weight is 396 g/mol. The third kappa shape index (κ3) is 3.11. The number of ether oxygens (including phenoxy) is 1. The van der Waals surface area contributed by atoms with E-state index in [2.05, 4.69) is 14.7 Å². The summed E-state index contributed by atoms with van der Waals surface area (Å²) in [5.74, 6) is 0. The van der Waals surface area contributed by atoms with E-state index in [1.165, 1.54) is 4.40 Å². The topological polar surface area (TPSA) is 90.5 Å². The van der Waals surface area contributed by atoms with Crippen molar-refractivity contribution in [2.75, 3.05) is 6.61 Å². The fourth-order valence-electron chi connectivity index (χ4n) is 3.25. The van der Waals surface area contributed by atoms with Crippen LogP contribution in [0.25, 0.3) is 5.65 Å². The maximum atomic E-state index is 12.9. The van der Waals surface area contributed by atoms with E-state index in [9.17, 15) is 8.42 Å². The SMILES string of the molecule is Cn1cncc1[C@@H]1C[C@H](NS(=O)(=O)c2c(Cl)nc3ccccn23)CCO1. The highest BCUT2D eigenvalue weighted by molar-refractivity contribution is 7.89. The highest BCUT2D eigenvalue weighted by Crippen LogP contribution is 2.29. The van der Waals surface area contributed by atoms with Gasteiger partial charge in [-0.25, -0.2) is 23.1 Å². The number of sulfonamides is 1. The average Bonchev–Trinajstić information content (AvgIpc) is 3.17. The monoisotopic (exact) mass is 395 g/mol. The number of imidazole rings is 2. The standard InChI is InChI=1S/C16H18ClN5O3S/c1-21-10-18-9-12(21)13-8-11(5-7-25-13)20-26(23,24)16-15(17)19-14-4-2-3-6-22(14)16/h2-4,6,9-11,13,20H,5,7-8H2,1H3/t11-,13+/m1/s1. The van der Waals surface area contributed by atoms with Gasteiger partial charge in [0.25, 0.3) is 10.0 Å². The van der Waals surface area contributed by atoms with Crippen LogP contribution in [0.15, 0.2) is 41.9 Å². The lowest BCUT2D eigenvalue weighted by Gasteiger charge is -2.30. The molecule has 0 spiro atoms. The Labute approximate surface area is 155 Å². The fraction of sp³-hybridized carbons (Fsp3) is 0.375. The molecule has 3 aromatic heterocycles. The van der Waals surface area contributed by atoms with Crippen molar-refractivity contribution in [2.45, 2.75) is 30.0 Å². The number of halogens is 1. The van der Waals surface area contributed by atoms with Gasteiger partial charge in [0.15, 0.2) is 10.2 Å². The van der Waals surface area contributed by atoms with Crippen LogP contribution in [0.1, 0.15) is 24.6 Å². The lowest BCUT2D eigenvalue weighted by atomic mass is 10.0. The second-order valence-electron chi connectivity index (χ2n) is 6.27. The van der Waals surface area contributed by atoms with E-state index in [-0.39, 0.29) is 22.3 Å². The molecule has 26 heavy (non-hydrogen) atoms. The maximum Gasteiger partial charge on any atom is 0.260 e. The van der Waals surface area contributed by atoms with Crippen LogP contribution in [0.2, 0.25) is 5.15 Å². The third-order valence-corrected chi connectivity index (χ3v) is 6.41. The lowest BCUT2D eigenvalue weighted by molar-refractivity contribution is -0.0000550. The summed E-state index contributed by atoms with van der Waals surface area (Å²) >= 11 is 6.11. The van der Waals surface area contributed by atoms with Crippen LogP contribution in [0.3, 0.4) is 0 Å². The largest absolute Gasteiger partial charge is 0.372 e. The van der Waals surface area contributed by atoms with Crippen molar-refractivity contribution in [1.82, 2.24) is 23.7 Å². The Morgan fingerprint density at radius 1 is 1.38 bits per heavy atom. The molecule has 3 aromatic rings. The number of aromatic nitrogens is 4. The van der Waals surface area contributed by atoms with Crippen molar-refractivity contribution >= 4 is 27.3 Å². The van der Waals surface area contributed by atoms with E-state index in [1.54, 1.807) is 36.9 Å². The molecular weight excluding hydrogens is 378 g/mol. The van der Waals surface area contributed by atoms with Gasteiger partial charge >= 0.3 is 0 Å². The molecule has 1 aliphatic heterocycles. The first-order valence-electron chi connectivity index (χ1n) is 8.18. The van der Waals surface area contributed by atoms with Crippen molar-refractivity contribution in [3.63, 3.8) is 0 Å². The van der Waals surface area contributed by atoms with Gasteiger partial charge in [0.1, 0.15) is 11.8 Å². The predicted molar refractivity (Wildman–Crippen MR) is 95.4 cm³/mol. The Morgan fingerprint density at radius 3 is 3.00 bits per heavy atom. The smallest absolute Gasteiger partial charge is 0.260 e. The minimum atomic E-state index is -3.84. The van der Waals surface area contributed by atoms with Gasteiger partial charge < -0.3 is 9.30 Å². The highest BCUT2D eigenvalue weighted by Gasteiger charge is 2.32. The number of nitrogens with zero attached hydrogens (tertiary/aromatic N) is 4. The van der Waals surface area contributed by atoms with Crippen LogP contribution >= 0.6 is 11.6 Å². The van der Waals surface area contributed by atoms with Crippen LogP contribution in [0, 0.1) is 0 Å². The molecule has 8 nitrogen and oxygen atoms in total. The number of hydrogen-bond donors (Lipinski definition) is 1. The Balaban J connectivity index is 1.59. The summed E-state index contributed by atoms with van der Waals surface area (Å²) in [6.45, 7) is 0.462. The zero-order valence-electron chi connectivity index (χ0n) is 14.0. The first-order valence-corrected chi connectivity index (χ1v) is 10.0. The zero-order valence-corrected chi connectivity index (χ0v) is 15.6. The molecule has 1 N–H and O–H groups in total. The molecular formula is C16H18ClN5O3S. The van der Waals surface area contributed by atoms with Crippen LogP contribution < -0.4 is 4.72 Å². The summed E-state index contributed by atoms with van der Waals surface area (Å²) in [6, 6.07) is 4.95. The van der Waals surface area contributed by atoms with Crippen molar-refractivity contribution < 1.29 is 13.2 Å². The van der Waals surface area contributed by atoms with Gasteiger partial charge in [-0.05, 0) is 25.0 Å². The predicted octanol–water partition coefficient (Wildman–Crippen LogP) is 1.92. The Bertz CT molecular complexity index is 1050. The van der Waals surface area contributed by atoms with Gasteiger partial charge in [-0.3, -0.25) is 4.40 Å². The molecule has 1 fully saturated rings. The highest BCUT2D eigenvalue weighted by atomic mass is 35.5. The van der Waals surface area contributed by atoms with Crippen LogP contribution in [0.5, 0.6) is 0 Å². The van der Waals surface area contributed by atoms with Gasteiger partial charge in [-0.1, -0.05) is 17.7 Å². The molecule has 0 bridgehead atoms. The summed E-state index contributed by atoms with van der Waals surface area (Å²) in [7, 11) is -1.95. The van der Waals surface area contributed by atoms with Crippen molar-refractivity contribution in [3.8, 4) is 0 Å². The molecule has 0 amide bonds. The Hall–Kier alpha value is -1.94. The number of pyridine rings is 1. The maximum absolute atomic E-state index is 12.9. The van der Waals surface area contributed by atoms with E-state index >= 15 is 0 Å². The number of rotatable bonds is 4. The van der Waals surface area contributed by atoms with E-state index in [4.69, 9.17) is 16.3 Å². The molecule has 1 aliphatic rings. The van der Waals surface area contributed by atoms with E-state index in [0.717, 1.165) is 5.69 Å². The lowest BCUT2D eigenvalue weighted by Crippen LogP contribution is -2.40. The number of hydrogen-bond acceptors (Lipinski definition) is 5. The van der Waals surface area contributed by atoms with Crippen molar-refractivity contribution in [1.29, 1.82) is 0 Å². The minimum Gasteiger partial charge on any atom is -0.372 e. The Morgan fingerprint density at radius 2 is 2.23 bits per heavy atom. The fourth-order valence-corrected chi connectivity index (χ4v) is 5.18. The quantitative estimate of drug-likeness (QED) is 0.728. The molecule has 4 rings (SSSR count). The molecule has 0 saturated carbocycles. The molecule has 0 aromatic carbocycles. The number of aryl methyl sites for hydroxylation is 1. The van der Waals surface area contributed by atoms with Gasteiger partial charge in [-0.15, -0.1) is 0 Å². The molecule has 1 saturated heterocycles. The normalized spacial score (nSPS) is 21.3. The van der Waals surface area contributed by atoms with E-state index in [1.807, 2.05) is 11.6 Å². The number of fused-ring (bicyclic) bond motifs is 1. The van der Waals surface area contributed by atoms with Crippen molar-refractivity contribution in [3.05, 3.63) is 47.8 Å². The summed E-state index contributed by atoms with van der Waals surface area (Å²) in [6.07, 6.45) is 5.97. The van der Waals surface area contributed by atoms with Gasteiger partial charge in [-0.2, -0.15) is 0 Å². The molecule has 0 unspecified atom stereocenters. The summed E-state index contributed by atoms with van der Waals surface area (Å²) in [4.78, 5) is 8.21. The van der Waals surface area contributed by atoms with Gasteiger partial charge in [0.2, 0.25) is 0 Å². The molecule has 0 aliphatic carbocycles. The van der Waals surface area contributed by atoms with Crippen LogP contribution in [-0.2, 0) is 21.8 Å². The minimum absolute atomic E-state index is 0.0426. The van der Waals surface area contributed by atoms with Gasteiger partial charge in [0, 0.05) is 25.9 Å². The Kier molecular flexibility index (Phi) is 4.47. The summed E-state index contributed by atoms with van der Waals surface area (Å²) < 4.78 is 37.8. The molecule has 0 radical (unpaired) electrons. The summed E-state index contributed by atoms with van der Waals surface area (Å²) in [5, 5.41) is -0.0858.